The Morgan fingerprint density at radius 1 is 0.438 bits per heavy atom. The topological polar surface area (TPSA) is 111 Å². The van der Waals surface area contributed by atoms with Gasteiger partial charge in [0.2, 0.25) is 5.91 Å². The van der Waals surface area contributed by atoms with Gasteiger partial charge in [0.05, 0.1) is 33.8 Å². The maximum absolute atomic E-state index is 13.6. The van der Waals surface area contributed by atoms with Gasteiger partial charge < -0.3 is 19.4 Å². The third-order valence-corrected chi connectivity index (χ3v) is 16.2. The Hall–Kier alpha value is -2.29. The Bertz CT molecular complexity index is 1550. The van der Waals surface area contributed by atoms with Gasteiger partial charge in [-0.3, -0.25) is 18.6 Å². The van der Waals surface area contributed by atoms with Gasteiger partial charge in [0, 0.05) is 12.8 Å². The van der Waals surface area contributed by atoms with Gasteiger partial charge in [0.25, 0.3) is 0 Å². The second-order valence-corrected chi connectivity index (χ2v) is 25.8. The zero-order valence-electron chi connectivity index (χ0n) is 53.6. The van der Waals surface area contributed by atoms with Gasteiger partial charge in [0.1, 0.15) is 19.3 Å². The number of hydrogen-bond donors (Lipinski definition) is 2. The van der Waals surface area contributed by atoms with E-state index in [1.165, 1.54) is 205 Å². The summed E-state index contributed by atoms with van der Waals surface area (Å²) in [5, 5.41) is 3.06. The first-order valence-corrected chi connectivity index (χ1v) is 35.6. The molecule has 0 radical (unpaired) electrons. The van der Waals surface area contributed by atoms with Gasteiger partial charge in [-0.1, -0.05) is 275 Å². The number of phosphoric acid groups is 1. The molecule has 1 amide bonds. The van der Waals surface area contributed by atoms with E-state index >= 15 is 0 Å². The first kappa shape index (κ1) is 77.7. The highest BCUT2D eigenvalue weighted by molar-refractivity contribution is 7.47. The van der Waals surface area contributed by atoms with Gasteiger partial charge in [-0.25, -0.2) is 4.57 Å². The van der Waals surface area contributed by atoms with Crippen LogP contribution in [0.15, 0.2) is 60.8 Å². The summed E-state index contributed by atoms with van der Waals surface area (Å²) in [7, 11) is 1.50. The number of phosphoric ester groups is 1. The van der Waals surface area contributed by atoms with Crippen molar-refractivity contribution in [1.29, 1.82) is 0 Å². The number of hydrogen-bond acceptors (Lipinski definition) is 6. The van der Waals surface area contributed by atoms with Crippen LogP contribution in [-0.2, 0) is 27.9 Å². The average Bonchev–Trinajstić information content (AvgIpc) is 3.43. The highest BCUT2D eigenvalue weighted by Gasteiger charge is 2.30. The minimum atomic E-state index is -4.45. The van der Waals surface area contributed by atoms with Crippen molar-refractivity contribution in [1.82, 2.24) is 5.32 Å². The number of carbonyl (C=O) groups excluding carboxylic acids is 2. The van der Waals surface area contributed by atoms with Crippen LogP contribution in [0.3, 0.4) is 0 Å². The summed E-state index contributed by atoms with van der Waals surface area (Å²) in [6.45, 7) is 7.00. The number of rotatable bonds is 62. The number of likely N-dealkylation sites (N-methyl/N-ethyl adjacent to an activating group) is 1. The van der Waals surface area contributed by atoms with E-state index in [1.54, 1.807) is 0 Å². The van der Waals surface area contributed by atoms with Gasteiger partial charge in [-0.2, -0.15) is 0 Å². The normalized spacial score (nSPS) is 13.9. The van der Waals surface area contributed by atoms with E-state index in [4.69, 9.17) is 13.8 Å². The van der Waals surface area contributed by atoms with Crippen LogP contribution in [0, 0.1) is 0 Å². The molecule has 0 aliphatic heterocycles. The Morgan fingerprint density at radius 3 is 1.19 bits per heavy atom. The number of unbranched alkanes of at least 4 members (excludes halogenated alkanes) is 38. The van der Waals surface area contributed by atoms with Crippen molar-refractivity contribution < 1.29 is 37.3 Å². The van der Waals surface area contributed by atoms with Crippen LogP contribution < -0.4 is 5.32 Å². The third kappa shape index (κ3) is 60.3. The number of amides is 1. The van der Waals surface area contributed by atoms with Gasteiger partial charge >= 0.3 is 13.8 Å². The molecule has 10 heteroatoms. The number of nitrogens with one attached hydrogen (secondary N) is 1. The summed E-state index contributed by atoms with van der Waals surface area (Å²) < 4.78 is 30.8. The van der Waals surface area contributed by atoms with Crippen LogP contribution in [-0.4, -0.2) is 74.3 Å². The fourth-order valence-corrected chi connectivity index (χ4v) is 10.6. The molecule has 0 rings (SSSR count). The molecule has 0 aromatic rings. The molecule has 0 heterocycles. The van der Waals surface area contributed by atoms with E-state index in [2.05, 4.69) is 74.7 Å². The summed E-state index contributed by atoms with van der Waals surface area (Å²) >= 11 is 0. The lowest BCUT2D eigenvalue weighted by molar-refractivity contribution is -0.870. The highest BCUT2D eigenvalue weighted by atomic mass is 31.2. The SMILES string of the molecule is CCCCC/C=C\C/C=C\C/C=C\CCCCCCCCCCCCCCCCC(=O)OC(/C=C\CCCCCCCCCCCC)C(COP(=O)(O)OCC[N+](C)(C)C)NC(=O)CCCCCCCCC/C=C\CCCCCC. The fraction of sp³-hybridized carbons (Fsp3) is 0.829. The van der Waals surface area contributed by atoms with E-state index in [-0.39, 0.29) is 25.1 Å². The quantitative estimate of drug-likeness (QED) is 0.0205. The van der Waals surface area contributed by atoms with Crippen molar-refractivity contribution in [2.45, 2.75) is 335 Å². The first-order chi connectivity index (χ1) is 38.9. The summed E-state index contributed by atoms with van der Waals surface area (Å²) in [5.74, 6) is -0.501. The van der Waals surface area contributed by atoms with Crippen LogP contribution in [0.4, 0.5) is 0 Å². The zero-order valence-corrected chi connectivity index (χ0v) is 54.5. The third-order valence-electron chi connectivity index (χ3n) is 15.2. The molecule has 0 aromatic carbocycles. The molecule has 9 nitrogen and oxygen atoms in total. The summed E-state index contributed by atoms with van der Waals surface area (Å²) in [6, 6.07) is -0.850. The van der Waals surface area contributed by atoms with Crippen molar-refractivity contribution in [3.63, 3.8) is 0 Å². The molecule has 3 unspecified atom stereocenters. The monoisotopic (exact) mass is 1140 g/mol. The molecule has 0 aromatic heterocycles. The van der Waals surface area contributed by atoms with Crippen LogP contribution in [0.1, 0.15) is 323 Å². The molecule has 3 atom stereocenters. The highest BCUT2D eigenvalue weighted by Crippen LogP contribution is 2.43. The molecule has 0 aliphatic rings. The van der Waals surface area contributed by atoms with Gasteiger partial charge in [0.15, 0.2) is 0 Å². The number of allylic oxidation sites excluding steroid dienone is 9. The second-order valence-electron chi connectivity index (χ2n) is 24.3. The van der Waals surface area contributed by atoms with E-state index in [0.717, 1.165) is 83.5 Å². The van der Waals surface area contributed by atoms with Gasteiger partial charge in [-0.05, 0) is 96.0 Å². The van der Waals surface area contributed by atoms with Crippen molar-refractivity contribution in [3.8, 4) is 0 Å². The second kappa shape index (κ2) is 59.9. The smallest absolute Gasteiger partial charge is 0.456 e. The Labute approximate surface area is 496 Å². The van der Waals surface area contributed by atoms with E-state index in [0.29, 0.717) is 23.9 Å². The molecule has 0 spiro atoms. The maximum Gasteiger partial charge on any atom is 0.472 e. The standard InChI is InChI=1S/C70H131N2O7P/c1-7-10-13-16-19-22-25-28-30-31-32-33-34-35-36-37-38-39-40-41-43-45-48-51-54-57-60-63-70(74)79-68(61-58-55-52-49-46-27-24-21-18-15-12-9-3)67(66-78-80(75,76)77-65-64-72(4,5)6)71-69(73)62-59-56-53-50-47-44-42-29-26-23-20-17-14-11-8-2/h19,22-23,26,28,30,32-33,58,61,67-68H,7-18,20-21,24-25,27,29,31,34-57,59-60,62-66H2,1-6H3,(H-,71,73,75,76)/p+1/b22-19-,26-23-,30-28-,33-32-,61-58-. The van der Waals surface area contributed by atoms with Crippen LogP contribution in [0.2, 0.25) is 0 Å². The van der Waals surface area contributed by atoms with Crippen LogP contribution in [0.25, 0.3) is 0 Å². The zero-order chi connectivity index (χ0) is 58.6. The summed E-state index contributed by atoms with van der Waals surface area (Å²) in [5.41, 5.74) is 0. The molecule has 468 valence electrons. The Morgan fingerprint density at radius 2 is 0.762 bits per heavy atom. The Kier molecular flexibility index (Phi) is 58.1. The van der Waals surface area contributed by atoms with E-state index in [1.807, 2.05) is 33.3 Å². The maximum atomic E-state index is 13.6. The summed E-state index contributed by atoms with van der Waals surface area (Å²) in [4.78, 5) is 37.8. The number of esters is 1. The minimum absolute atomic E-state index is 0.0395. The van der Waals surface area contributed by atoms with Crippen LogP contribution in [0.5, 0.6) is 0 Å². The lowest BCUT2D eigenvalue weighted by Crippen LogP contribution is -2.47. The minimum Gasteiger partial charge on any atom is -0.456 e. The lowest BCUT2D eigenvalue weighted by Gasteiger charge is -2.27. The first-order valence-electron chi connectivity index (χ1n) is 34.1. The molecule has 0 saturated carbocycles. The number of nitrogens with zero attached hydrogens (tertiary/aromatic N) is 1. The molecule has 0 aliphatic carbocycles. The van der Waals surface area contributed by atoms with E-state index < -0.39 is 20.0 Å². The molecular weight excluding hydrogens is 1010 g/mol. The van der Waals surface area contributed by atoms with Gasteiger partial charge in [-0.15, -0.1) is 0 Å². The Balaban J connectivity index is 5.03. The largest absolute Gasteiger partial charge is 0.472 e. The predicted octanol–water partition coefficient (Wildman–Crippen LogP) is 21.4. The molecule has 2 N–H and O–H groups in total. The average molecular weight is 1140 g/mol. The van der Waals surface area contributed by atoms with Crippen molar-refractivity contribution in [2.75, 3.05) is 40.9 Å². The van der Waals surface area contributed by atoms with Crippen molar-refractivity contribution in [3.05, 3.63) is 60.8 Å². The molecule has 80 heavy (non-hydrogen) atoms. The fourth-order valence-electron chi connectivity index (χ4n) is 9.88. The van der Waals surface area contributed by atoms with Crippen LogP contribution >= 0.6 is 7.82 Å². The number of ether oxygens (including phenoxy) is 1. The molecule has 0 fully saturated rings. The number of quaternary nitrogens is 1. The van der Waals surface area contributed by atoms with E-state index in [9.17, 15) is 19.0 Å². The van der Waals surface area contributed by atoms with Crippen molar-refractivity contribution >= 4 is 19.7 Å². The molecule has 0 saturated heterocycles. The number of carbonyl (C=O) groups is 2. The lowest BCUT2D eigenvalue weighted by atomic mass is 10.0. The molecular formula is C70H132N2O7P+. The summed E-state index contributed by atoms with van der Waals surface area (Å²) in [6.07, 6.45) is 76.5. The molecule has 0 bridgehead atoms. The predicted molar refractivity (Wildman–Crippen MR) is 346 cm³/mol. The van der Waals surface area contributed by atoms with Crippen molar-refractivity contribution in [2.24, 2.45) is 0 Å².